The number of phenols is 1. The third kappa shape index (κ3) is 3.69. The molecule has 0 fully saturated rings. The number of hydrazine groups is 1. The monoisotopic (exact) mass is 272 g/mol. The quantitative estimate of drug-likeness (QED) is 0.481. The Morgan fingerprint density at radius 1 is 1.25 bits per heavy atom. The van der Waals surface area contributed by atoms with Gasteiger partial charge >= 0.3 is 0 Å². The summed E-state index contributed by atoms with van der Waals surface area (Å²) < 4.78 is 0. The molecule has 0 radical (unpaired) electrons. The zero-order valence-electron chi connectivity index (χ0n) is 10.8. The van der Waals surface area contributed by atoms with Gasteiger partial charge in [-0.2, -0.15) is 0 Å². The third-order valence-electron chi connectivity index (χ3n) is 2.79. The Labute approximate surface area is 116 Å². The zero-order chi connectivity index (χ0) is 14.4. The molecular formula is C14H16N4O2. The fourth-order valence-corrected chi connectivity index (χ4v) is 1.72. The fraction of sp³-hybridized carbons (Fsp3) is 0.143. The molecule has 0 bridgehead atoms. The fourth-order valence-electron chi connectivity index (χ4n) is 1.72. The number of pyridine rings is 1. The first-order valence-electron chi connectivity index (χ1n) is 6.18. The Balaban J connectivity index is 1.87. The van der Waals surface area contributed by atoms with Crippen molar-refractivity contribution in [3.8, 4) is 5.75 Å². The van der Waals surface area contributed by atoms with Crippen molar-refractivity contribution in [2.24, 2.45) is 5.84 Å². The Morgan fingerprint density at radius 2 is 2.00 bits per heavy atom. The number of anilines is 1. The van der Waals surface area contributed by atoms with Gasteiger partial charge in [0.15, 0.2) is 0 Å². The number of nitrogens with one attached hydrogen (secondary N) is 2. The summed E-state index contributed by atoms with van der Waals surface area (Å²) in [7, 11) is 0. The van der Waals surface area contributed by atoms with Gasteiger partial charge in [0.1, 0.15) is 11.4 Å². The van der Waals surface area contributed by atoms with E-state index in [0.717, 1.165) is 5.56 Å². The van der Waals surface area contributed by atoms with Crippen LogP contribution in [0.3, 0.4) is 0 Å². The second-order valence-corrected chi connectivity index (χ2v) is 4.25. The van der Waals surface area contributed by atoms with Crippen LogP contribution in [0, 0.1) is 0 Å². The number of rotatable bonds is 5. The third-order valence-corrected chi connectivity index (χ3v) is 2.79. The van der Waals surface area contributed by atoms with Gasteiger partial charge in [-0.25, -0.2) is 0 Å². The van der Waals surface area contributed by atoms with E-state index in [1.165, 1.54) is 6.20 Å². The van der Waals surface area contributed by atoms with Crippen LogP contribution >= 0.6 is 0 Å². The van der Waals surface area contributed by atoms with Gasteiger partial charge in [-0.05, 0) is 36.2 Å². The topological polar surface area (TPSA) is 100 Å². The smallest absolute Gasteiger partial charge is 0.269 e. The Bertz CT molecular complexity index is 584. The number of nitrogens with zero attached hydrogens (tertiary/aromatic N) is 1. The normalized spacial score (nSPS) is 10.1. The second-order valence-electron chi connectivity index (χ2n) is 4.25. The Kier molecular flexibility index (Phi) is 4.52. The molecule has 1 amide bonds. The van der Waals surface area contributed by atoms with Gasteiger partial charge in [0.25, 0.3) is 5.91 Å². The number of amides is 1. The van der Waals surface area contributed by atoms with E-state index in [2.05, 4.69) is 15.7 Å². The van der Waals surface area contributed by atoms with E-state index in [4.69, 9.17) is 5.84 Å². The van der Waals surface area contributed by atoms with E-state index in [1.54, 1.807) is 24.3 Å². The summed E-state index contributed by atoms with van der Waals surface area (Å²) in [5, 5.41) is 12.0. The van der Waals surface area contributed by atoms with E-state index in [-0.39, 0.29) is 11.7 Å². The highest BCUT2D eigenvalue weighted by Crippen LogP contribution is 2.10. The van der Waals surface area contributed by atoms with Gasteiger partial charge in [0.2, 0.25) is 0 Å². The lowest BCUT2D eigenvalue weighted by molar-refractivity contribution is 0.0949. The molecule has 20 heavy (non-hydrogen) atoms. The van der Waals surface area contributed by atoms with E-state index < -0.39 is 0 Å². The summed E-state index contributed by atoms with van der Waals surface area (Å²) in [6.45, 7) is 0.492. The number of hydrogen-bond acceptors (Lipinski definition) is 5. The second kappa shape index (κ2) is 6.53. The maximum Gasteiger partial charge on any atom is 0.269 e. The van der Waals surface area contributed by atoms with Crippen molar-refractivity contribution in [3.05, 3.63) is 53.9 Å². The number of aromatic nitrogens is 1. The maximum absolute atomic E-state index is 11.9. The van der Waals surface area contributed by atoms with Gasteiger partial charge in [0.05, 0.1) is 5.69 Å². The minimum atomic E-state index is -0.249. The molecule has 1 aromatic carbocycles. The highest BCUT2D eigenvalue weighted by molar-refractivity contribution is 5.93. The molecule has 5 N–H and O–H groups in total. The molecule has 0 unspecified atom stereocenters. The van der Waals surface area contributed by atoms with Gasteiger partial charge in [-0.3, -0.25) is 15.6 Å². The molecule has 104 valence electrons. The van der Waals surface area contributed by atoms with Gasteiger partial charge in [0, 0.05) is 12.7 Å². The number of nitrogen functional groups attached to an aromatic ring is 1. The molecule has 2 rings (SSSR count). The first-order chi connectivity index (χ1) is 9.69. The van der Waals surface area contributed by atoms with Crippen molar-refractivity contribution in [1.29, 1.82) is 0 Å². The SMILES string of the molecule is NNc1ccnc(C(=O)NCCc2ccc(O)cc2)c1. The summed E-state index contributed by atoms with van der Waals surface area (Å²) in [6.07, 6.45) is 2.20. The molecule has 6 heteroatoms. The average Bonchev–Trinajstić information content (AvgIpc) is 2.49. The van der Waals surface area contributed by atoms with Crippen LogP contribution in [0.5, 0.6) is 5.75 Å². The number of hydrogen-bond donors (Lipinski definition) is 4. The van der Waals surface area contributed by atoms with Crippen LogP contribution in [0.25, 0.3) is 0 Å². The minimum absolute atomic E-state index is 0.230. The molecule has 0 saturated carbocycles. The van der Waals surface area contributed by atoms with Crippen molar-refractivity contribution in [3.63, 3.8) is 0 Å². The van der Waals surface area contributed by atoms with Crippen LogP contribution in [0.4, 0.5) is 5.69 Å². The highest BCUT2D eigenvalue weighted by atomic mass is 16.3. The molecule has 0 spiro atoms. The van der Waals surface area contributed by atoms with E-state index >= 15 is 0 Å². The van der Waals surface area contributed by atoms with Crippen molar-refractivity contribution in [2.75, 3.05) is 12.0 Å². The van der Waals surface area contributed by atoms with Crippen LogP contribution in [0.1, 0.15) is 16.1 Å². The first kappa shape index (κ1) is 13.8. The summed E-state index contributed by atoms with van der Waals surface area (Å²) >= 11 is 0. The summed E-state index contributed by atoms with van der Waals surface area (Å²) in [5.41, 5.74) is 4.44. The molecule has 1 aromatic heterocycles. The zero-order valence-corrected chi connectivity index (χ0v) is 10.8. The average molecular weight is 272 g/mol. The summed E-state index contributed by atoms with van der Waals surface area (Å²) in [4.78, 5) is 15.9. The largest absolute Gasteiger partial charge is 0.508 e. The lowest BCUT2D eigenvalue weighted by atomic mass is 10.1. The number of aromatic hydroxyl groups is 1. The molecule has 0 saturated heterocycles. The molecule has 1 heterocycles. The predicted octanol–water partition coefficient (Wildman–Crippen LogP) is 1.05. The van der Waals surface area contributed by atoms with E-state index in [9.17, 15) is 9.90 Å². The Morgan fingerprint density at radius 3 is 2.70 bits per heavy atom. The number of carbonyl (C=O) groups excluding carboxylic acids is 1. The molecular weight excluding hydrogens is 256 g/mol. The van der Waals surface area contributed by atoms with Crippen LogP contribution in [0.15, 0.2) is 42.6 Å². The van der Waals surface area contributed by atoms with Gasteiger partial charge in [-0.15, -0.1) is 0 Å². The van der Waals surface area contributed by atoms with Crippen molar-refractivity contribution >= 4 is 11.6 Å². The van der Waals surface area contributed by atoms with Crippen LogP contribution in [-0.2, 0) is 6.42 Å². The van der Waals surface area contributed by atoms with Gasteiger partial charge < -0.3 is 15.8 Å². The summed E-state index contributed by atoms with van der Waals surface area (Å²) in [6, 6.07) is 10.1. The van der Waals surface area contributed by atoms with Crippen molar-refractivity contribution < 1.29 is 9.90 Å². The molecule has 0 atom stereocenters. The highest BCUT2D eigenvalue weighted by Gasteiger charge is 2.07. The molecule has 0 aliphatic carbocycles. The molecule has 2 aromatic rings. The number of benzene rings is 1. The standard InChI is InChI=1S/C14H16N4O2/c15-18-11-6-8-16-13(9-11)14(20)17-7-5-10-1-3-12(19)4-2-10/h1-4,6,8-9,19H,5,7,15H2,(H,16,18)(H,17,20). The van der Waals surface area contributed by atoms with Crippen LogP contribution < -0.4 is 16.6 Å². The van der Waals surface area contributed by atoms with E-state index in [0.29, 0.717) is 24.3 Å². The van der Waals surface area contributed by atoms with Crippen molar-refractivity contribution in [1.82, 2.24) is 10.3 Å². The van der Waals surface area contributed by atoms with Crippen LogP contribution in [-0.4, -0.2) is 22.5 Å². The molecule has 6 nitrogen and oxygen atoms in total. The van der Waals surface area contributed by atoms with E-state index in [1.807, 2.05) is 12.1 Å². The lowest BCUT2D eigenvalue weighted by Gasteiger charge is -2.06. The minimum Gasteiger partial charge on any atom is -0.508 e. The van der Waals surface area contributed by atoms with Crippen LogP contribution in [0.2, 0.25) is 0 Å². The number of carbonyl (C=O) groups is 1. The van der Waals surface area contributed by atoms with Gasteiger partial charge in [-0.1, -0.05) is 12.1 Å². The Hall–Kier alpha value is -2.60. The first-order valence-corrected chi connectivity index (χ1v) is 6.18. The number of phenolic OH excluding ortho intramolecular Hbond substituents is 1. The number of nitrogens with two attached hydrogens (primary N) is 1. The molecule has 0 aliphatic rings. The predicted molar refractivity (Wildman–Crippen MR) is 76.2 cm³/mol. The molecule has 0 aliphatic heterocycles. The van der Waals surface area contributed by atoms with Crippen molar-refractivity contribution in [2.45, 2.75) is 6.42 Å². The maximum atomic E-state index is 11.9. The lowest BCUT2D eigenvalue weighted by Crippen LogP contribution is -2.26. The summed E-state index contributed by atoms with van der Waals surface area (Å²) in [5.74, 6) is 5.26.